The minimum Gasteiger partial charge on any atom is -0.460 e. The zero-order valence-electron chi connectivity index (χ0n) is 18.1. The molecule has 1 aromatic heterocycles. The number of carbonyl (C=O) groups excluding carboxylic acids is 1. The highest BCUT2D eigenvalue weighted by Gasteiger charge is 2.65. The van der Waals surface area contributed by atoms with E-state index in [-0.39, 0.29) is 28.7 Å². The van der Waals surface area contributed by atoms with Gasteiger partial charge in [-0.3, -0.25) is 4.79 Å². The number of rotatable bonds is 9. The monoisotopic (exact) mass is 486 g/mol. The molecule has 182 valence electrons. The summed E-state index contributed by atoms with van der Waals surface area (Å²) in [6.07, 6.45) is -5.38. The van der Waals surface area contributed by atoms with Crippen molar-refractivity contribution in [3.05, 3.63) is 39.2 Å². The van der Waals surface area contributed by atoms with Crippen molar-refractivity contribution in [3.63, 3.8) is 0 Å². The fraction of sp³-hybridized carbons (Fsp3) is 0.524. The first kappa shape index (κ1) is 25.4. The number of carbonyl (C=O) groups is 1. The Morgan fingerprint density at radius 1 is 1.33 bits per heavy atom. The standard InChI is InChI=1S/C21H27ClN2O9/c1-24(2)4-3-23-16(26)5-10-6-17(27)32-14-8-15(13(22)7-11(10)14)33-20(30)21(31)12(9-25)18(28)19(21)29/h6-8,12,18-20,25,28-31H,3-5,9H2,1-2H3,(H,23,26). The van der Waals surface area contributed by atoms with Crippen molar-refractivity contribution in [1.29, 1.82) is 0 Å². The Morgan fingerprint density at radius 3 is 2.67 bits per heavy atom. The lowest BCUT2D eigenvalue weighted by molar-refractivity contribution is -0.332. The Kier molecular flexibility index (Phi) is 7.64. The van der Waals surface area contributed by atoms with Crippen molar-refractivity contribution in [2.75, 3.05) is 33.8 Å². The summed E-state index contributed by atoms with van der Waals surface area (Å²) >= 11 is 6.26. The van der Waals surface area contributed by atoms with Crippen LogP contribution < -0.4 is 15.7 Å². The van der Waals surface area contributed by atoms with Gasteiger partial charge in [0.1, 0.15) is 17.4 Å². The van der Waals surface area contributed by atoms with Crippen LogP contribution in [0.4, 0.5) is 0 Å². The molecule has 1 aliphatic rings. The van der Waals surface area contributed by atoms with E-state index in [0.29, 0.717) is 24.0 Å². The topological polar surface area (TPSA) is 173 Å². The maximum atomic E-state index is 12.3. The maximum absolute atomic E-state index is 12.3. The summed E-state index contributed by atoms with van der Waals surface area (Å²) in [5.41, 5.74) is -2.68. The minimum absolute atomic E-state index is 0.0186. The number of nitrogens with zero attached hydrogens (tertiary/aromatic N) is 1. The van der Waals surface area contributed by atoms with Gasteiger partial charge in [-0.25, -0.2) is 4.79 Å². The smallest absolute Gasteiger partial charge is 0.336 e. The molecule has 2 aromatic rings. The lowest BCUT2D eigenvalue weighted by Crippen LogP contribution is -2.76. The molecule has 0 spiro atoms. The molecule has 1 amide bonds. The molecule has 0 radical (unpaired) electrons. The van der Waals surface area contributed by atoms with E-state index in [1.807, 2.05) is 19.0 Å². The summed E-state index contributed by atoms with van der Waals surface area (Å²) in [6, 6.07) is 3.76. The molecule has 0 bridgehead atoms. The van der Waals surface area contributed by atoms with Gasteiger partial charge < -0.3 is 44.9 Å². The highest BCUT2D eigenvalue weighted by atomic mass is 35.5. The average Bonchev–Trinajstić information content (AvgIpc) is 2.74. The molecule has 12 heteroatoms. The molecule has 1 saturated carbocycles. The lowest BCUT2D eigenvalue weighted by atomic mass is 9.64. The van der Waals surface area contributed by atoms with Crippen molar-refractivity contribution in [2.24, 2.45) is 5.92 Å². The molecule has 5 unspecified atom stereocenters. The number of fused-ring (bicyclic) bond motifs is 1. The van der Waals surface area contributed by atoms with E-state index in [2.05, 4.69) is 5.32 Å². The van der Waals surface area contributed by atoms with E-state index >= 15 is 0 Å². The molecule has 1 aromatic carbocycles. The van der Waals surface area contributed by atoms with Crippen molar-refractivity contribution in [2.45, 2.75) is 30.5 Å². The molecule has 33 heavy (non-hydrogen) atoms. The number of benzene rings is 1. The quantitative estimate of drug-likeness (QED) is 0.180. The number of aliphatic hydroxyl groups is 5. The molecule has 0 aliphatic heterocycles. The van der Waals surface area contributed by atoms with E-state index in [1.165, 1.54) is 18.2 Å². The zero-order valence-corrected chi connectivity index (χ0v) is 18.8. The van der Waals surface area contributed by atoms with Crippen LogP contribution in [0.25, 0.3) is 11.0 Å². The molecular formula is C21H27ClN2O9. The van der Waals surface area contributed by atoms with E-state index in [0.717, 1.165) is 0 Å². The second-order valence-electron chi connectivity index (χ2n) is 8.28. The van der Waals surface area contributed by atoms with Gasteiger partial charge in [-0.05, 0) is 25.7 Å². The molecule has 3 rings (SSSR count). The van der Waals surface area contributed by atoms with E-state index in [9.17, 15) is 35.1 Å². The number of hydrogen-bond donors (Lipinski definition) is 6. The second-order valence-corrected chi connectivity index (χ2v) is 8.69. The lowest BCUT2D eigenvalue weighted by Gasteiger charge is -2.53. The normalized spacial score (nSPS) is 25.7. The summed E-state index contributed by atoms with van der Waals surface area (Å²) in [7, 11) is 3.74. The molecule has 1 heterocycles. The van der Waals surface area contributed by atoms with E-state index < -0.39 is 42.2 Å². The maximum Gasteiger partial charge on any atom is 0.336 e. The number of likely N-dealkylation sites (N-methyl/N-ethyl adjacent to an activating group) is 1. The van der Waals surface area contributed by atoms with Gasteiger partial charge in [-0.2, -0.15) is 0 Å². The Morgan fingerprint density at radius 2 is 2.03 bits per heavy atom. The fourth-order valence-electron chi connectivity index (χ4n) is 3.78. The van der Waals surface area contributed by atoms with Gasteiger partial charge in [0.2, 0.25) is 12.2 Å². The predicted octanol–water partition coefficient (Wildman–Crippen LogP) is -1.56. The minimum atomic E-state index is -2.35. The Labute approximate surface area is 193 Å². The number of halogens is 1. The van der Waals surface area contributed by atoms with Crippen LogP contribution in [0.15, 0.2) is 27.4 Å². The van der Waals surface area contributed by atoms with E-state index in [1.54, 1.807) is 0 Å². The van der Waals surface area contributed by atoms with Gasteiger partial charge in [-0.15, -0.1) is 0 Å². The average molecular weight is 487 g/mol. The fourth-order valence-corrected chi connectivity index (χ4v) is 3.99. The summed E-state index contributed by atoms with van der Waals surface area (Å²) in [5, 5.41) is 52.9. The van der Waals surface area contributed by atoms with Crippen LogP contribution in [0.5, 0.6) is 5.75 Å². The van der Waals surface area contributed by atoms with Gasteiger partial charge >= 0.3 is 5.63 Å². The third-order valence-electron chi connectivity index (χ3n) is 5.75. The van der Waals surface area contributed by atoms with Crippen molar-refractivity contribution in [3.8, 4) is 5.75 Å². The molecule has 11 nitrogen and oxygen atoms in total. The first-order valence-electron chi connectivity index (χ1n) is 10.2. The van der Waals surface area contributed by atoms with Crippen LogP contribution in [0.1, 0.15) is 5.56 Å². The van der Waals surface area contributed by atoms with Gasteiger partial charge in [-0.1, -0.05) is 11.6 Å². The molecule has 1 aliphatic carbocycles. The predicted molar refractivity (Wildman–Crippen MR) is 117 cm³/mol. The molecule has 0 saturated heterocycles. The molecule has 6 N–H and O–H groups in total. The summed E-state index contributed by atoms with van der Waals surface area (Å²) in [4.78, 5) is 26.2. The number of ether oxygens (including phenoxy) is 1. The largest absolute Gasteiger partial charge is 0.460 e. The van der Waals surface area contributed by atoms with E-state index in [4.69, 9.17) is 20.8 Å². The zero-order chi connectivity index (χ0) is 24.5. The summed E-state index contributed by atoms with van der Waals surface area (Å²) in [6.45, 7) is 0.364. The van der Waals surface area contributed by atoms with Crippen molar-refractivity contribution < 1.29 is 39.5 Å². The third-order valence-corrected chi connectivity index (χ3v) is 6.04. The van der Waals surface area contributed by atoms with Gasteiger partial charge in [0.15, 0.2) is 5.60 Å². The third kappa shape index (κ3) is 4.99. The highest BCUT2D eigenvalue weighted by Crippen LogP contribution is 2.43. The Hall–Kier alpha value is -2.25. The van der Waals surface area contributed by atoms with Crippen LogP contribution in [0.3, 0.4) is 0 Å². The summed E-state index contributed by atoms with van der Waals surface area (Å²) in [5.74, 6) is -1.74. The first-order valence-corrected chi connectivity index (χ1v) is 10.6. The summed E-state index contributed by atoms with van der Waals surface area (Å²) < 4.78 is 10.5. The molecular weight excluding hydrogens is 460 g/mol. The van der Waals surface area contributed by atoms with Crippen molar-refractivity contribution >= 4 is 28.5 Å². The first-order chi connectivity index (χ1) is 15.5. The number of hydrogen-bond acceptors (Lipinski definition) is 10. The Bertz CT molecular complexity index is 1080. The van der Waals surface area contributed by atoms with Crippen LogP contribution in [-0.4, -0.2) is 94.2 Å². The van der Waals surface area contributed by atoms with Gasteiger partial charge in [0.05, 0.1) is 24.2 Å². The SMILES string of the molecule is CN(C)CCNC(=O)Cc1cc(=O)oc2cc(OC(O)C3(O)C(O)C(O)C3CO)c(Cl)cc12. The van der Waals surface area contributed by atoms with Crippen LogP contribution in [-0.2, 0) is 11.2 Å². The highest BCUT2D eigenvalue weighted by molar-refractivity contribution is 6.32. The Balaban J connectivity index is 1.84. The number of amides is 1. The van der Waals surface area contributed by atoms with Crippen LogP contribution >= 0.6 is 11.6 Å². The second kappa shape index (κ2) is 9.94. The van der Waals surface area contributed by atoms with Gasteiger partial charge in [0, 0.05) is 36.5 Å². The van der Waals surface area contributed by atoms with Gasteiger partial charge in [0.25, 0.3) is 0 Å². The number of aliphatic hydroxyl groups excluding tert-OH is 4. The molecule has 1 fully saturated rings. The number of nitrogens with one attached hydrogen (secondary N) is 1. The van der Waals surface area contributed by atoms with Crippen molar-refractivity contribution in [1.82, 2.24) is 10.2 Å². The molecule has 5 atom stereocenters. The van der Waals surface area contributed by atoms with Crippen LogP contribution in [0, 0.1) is 5.92 Å². The van der Waals surface area contributed by atoms with Crippen LogP contribution in [0.2, 0.25) is 5.02 Å².